The molecule has 2 N–H and O–H groups in total. The zero-order valence-corrected chi connectivity index (χ0v) is 14.2. The van der Waals surface area contributed by atoms with Gasteiger partial charge in [-0.3, -0.25) is 4.98 Å². The van der Waals surface area contributed by atoms with Crippen LogP contribution in [0.15, 0.2) is 29.5 Å². The fourth-order valence-electron chi connectivity index (χ4n) is 2.09. The number of pyridine rings is 1. The first kappa shape index (κ1) is 17.0. The van der Waals surface area contributed by atoms with Gasteiger partial charge in [-0.2, -0.15) is 0 Å². The molecule has 20 heavy (non-hydrogen) atoms. The molecule has 1 aromatic heterocycles. The second-order valence-electron chi connectivity index (χ2n) is 4.95. The molecule has 2 rings (SSSR count). The number of piperidine rings is 1. The smallest absolute Gasteiger partial charge is 0.191 e. The number of hydrogen-bond donors (Lipinski definition) is 1. The van der Waals surface area contributed by atoms with E-state index in [9.17, 15) is 0 Å². The summed E-state index contributed by atoms with van der Waals surface area (Å²) in [6.45, 7) is 5.41. The van der Waals surface area contributed by atoms with Gasteiger partial charge in [-0.15, -0.1) is 24.0 Å². The fraction of sp³-hybridized carbons (Fsp3) is 0.571. The number of hydrogen-bond acceptors (Lipinski definition) is 3. The number of ether oxygens (including phenoxy) is 1. The second kappa shape index (κ2) is 8.99. The van der Waals surface area contributed by atoms with E-state index in [1.54, 1.807) is 12.4 Å². The zero-order chi connectivity index (χ0) is 13.5. The molecule has 1 aliphatic rings. The molecule has 2 heterocycles. The average molecular weight is 390 g/mol. The van der Waals surface area contributed by atoms with Crippen LogP contribution in [-0.2, 0) is 0 Å². The first-order chi connectivity index (χ1) is 9.25. The van der Waals surface area contributed by atoms with Crippen LogP contribution in [0.3, 0.4) is 0 Å². The van der Waals surface area contributed by atoms with Crippen molar-refractivity contribution in [1.29, 1.82) is 0 Å². The van der Waals surface area contributed by atoms with Crippen molar-refractivity contribution < 1.29 is 4.74 Å². The van der Waals surface area contributed by atoms with Crippen molar-refractivity contribution in [2.24, 2.45) is 16.6 Å². The number of halogens is 1. The third-order valence-electron chi connectivity index (χ3n) is 3.38. The van der Waals surface area contributed by atoms with Gasteiger partial charge in [0.25, 0.3) is 0 Å². The maximum Gasteiger partial charge on any atom is 0.191 e. The number of nitrogens with two attached hydrogens (primary N) is 1. The molecule has 1 saturated heterocycles. The minimum atomic E-state index is 0. The molecule has 0 atom stereocenters. The van der Waals surface area contributed by atoms with Crippen LogP contribution in [-0.4, -0.2) is 42.1 Å². The Morgan fingerprint density at radius 3 is 2.90 bits per heavy atom. The highest BCUT2D eigenvalue weighted by Gasteiger charge is 2.16. The summed E-state index contributed by atoms with van der Waals surface area (Å²) in [7, 11) is 0. The summed E-state index contributed by atoms with van der Waals surface area (Å²) in [4.78, 5) is 10.5. The molecule has 1 aliphatic heterocycles. The third-order valence-corrected chi connectivity index (χ3v) is 3.38. The highest BCUT2D eigenvalue weighted by atomic mass is 127. The Morgan fingerprint density at radius 2 is 2.25 bits per heavy atom. The van der Waals surface area contributed by atoms with Crippen LogP contribution < -0.4 is 10.5 Å². The fourth-order valence-corrected chi connectivity index (χ4v) is 2.09. The van der Waals surface area contributed by atoms with Gasteiger partial charge < -0.3 is 15.4 Å². The summed E-state index contributed by atoms with van der Waals surface area (Å²) in [5, 5.41) is 0. The van der Waals surface area contributed by atoms with Crippen molar-refractivity contribution >= 4 is 29.9 Å². The lowest BCUT2D eigenvalue weighted by Crippen LogP contribution is -2.42. The van der Waals surface area contributed by atoms with Gasteiger partial charge in [0.05, 0.1) is 12.7 Å². The molecule has 0 amide bonds. The van der Waals surface area contributed by atoms with E-state index < -0.39 is 0 Å². The van der Waals surface area contributed by atoms with Gasteiger partial charge in [0.15, 0.2) is 5.96 Å². The Balaban J connectivity index is 0.00000200. The van der Waals surface area contributed by atoms with Crippen molar-refractivity contribution in [1.82, 2.24) is 9.88 Å². The maximum atomic E-state index is 5.98. The molecule has 5 nitrogen and oxygen atoms in total. The molecule has 1 fully saturated rings. The van der Waals surface area contributed by atoms with Crippen molar-refractivity contribution in [3.8, 4) is 5.75 Å². The van der Waals surface area contributed by atoms with E-state index >= 15 is 0 Å². The number of rotatable bonds is 4. The lowest BCUT2D eigenvalue weighted by Gasteiger charge is -2.31. The molecule has 0 unspecified atom stereocenters. The Hall–Kier alpha value is -1.05. The number of aliphatic imine (C=N–C) groups is 1. The molecule has 0 spiro atoms. The summed E-state index contributed by atoms with van der Waals surface area (Å²) >= 11 is 0. The number of likely N-dealkylation sites (tertiary alicyclic amines) is 1. The largest absolute Gasteiger partial charge is 0.490 e. The number of aromatic nitrogens is 1. The normalized spacial score (nSPS) is 16.6. The van der Waals surface area contributed by atoms with E-state index in [1.807, 2.05) is 12.1 Å². The number of nitrogens with zero attached hydrogens (tertiary/aromatic N) is 3. The minimum absolute atomic E-state index is 0. The maximum absolute atomic E-state index is 5.98. The van der Waals surface area contributed by atoms with Gasteiger partial charge in [0, 0.05) is 19.3 Å². The van der Waals surface area contributed by atoms with E-state index in [0.717, 1.165) is 24.8 Å². The third kappa shape index (κ3) is 5.52. The monoisotopic (exact) mass is 390 g/mol. The van der Waals surface area contributed by atoms with Crippen LogP contribution in [0.4, 0.5) is 0 Å². The van der Waals surface area contributed by atoms with E-state index in [1.165, 1.54) is 12.8 Å². The van der Waals surface area contributed by atoms with Gasteiger partial charge in [-0.25, -0.2) is 4.99 Å². The Morgan fingerprint density at radius 1 is 1.50 bits per heavy atom. The topological polar surface area (TPSA) is 63.7 Å². The lowest BCUT2D eigenvalue weighted by molar-refractivity contribution is 0.276. The van der Waals surface area contributed by atoms with Crippen LogP contribution in [0, 0.1) is 5.92 Å². The minimum Gasteiger partial charge on any atom is -0.490 e. The van der Waals surface area contributed by atoms with Gasteiger partial charge in [-0.05, 0) is 30.9 Å². The van der Waals surface area contributed by atoms with Crippen molar-refractivity contribution in [3.05, 3.63) is 24.5 Å². The standard InChI is InChI=1S/C14H22N4O.HI/c1-12-4-8-18(9-5-12)14(15)17-7-10-19-13-3-2-6-16-11-13;/h2-3,6,11-12H,4-5,7-10H2,1H3,(H2,15,17);1H. The first-order valence-corrected chi connectivity index (χ1v) is 6.83. The molecule has 0 saturated carbocycles. The molecular weight excluding hydrogens is 367 g/mol. The van der Waals surface area contributed by atoms with Crippen LogP contribution in [0.2, 0.25) is 0 Å². The quantitative estimate of drug-likeness (QED) is 0.370. The summed E-state index contributed by atoms with van der Waals surface area (Å²) < 4.78 is 5.52. The highest BCUT2D eigenvalue weighted by Crippen LogP contribution is 2.15. The van der Waals surface area contributed by atoms with E-state index in [-0.39, 0.29) is 24.0 Å². The van der Waals surface area contributed by atoms with Crippen LogP contribution >= 0.6 is 24.0 Å². The molecule has 1 aromatic rings. The molecular formula is C14H23IN4O. The molecule has 0 bridgehead atoms. The lowest BCUT2D eigenvalue weighted by atomic mass is 10.00. The summed E-state index contributed by atoms with van der Waals surface area (Å²) in [5.74, 6) is 2.21. The van der Waals surface area contributed by atoms with Crippen molar-refractivity contribution in [2.45, 2.75) is 19.8 Å². The zero-order valence-electron chi connectivity index (χ0n) is 11.9. The summed E-state index contributed by atoms with van der Waals surface area (Å²) in [6.07, 6.45) is 5.81. The van der Waals surface area contributed by atoms with E-state index in [4.69, 9.17) is 10.5 Å². The van der Waals surface area contributed by atoms with Gasteiger partial charge >= 0.3 is 0 Å². The molecule has 0 aromatic carbocycles. The Bertz CT molecular complexity index is 405. The Labute approximate surface area is 137 Å². The summed E-state index contributed by atoms with van der Waals surface area (Å²) in [5.41, 5.74) is 5.98. The first-order valence-electron chi connectivity index (χ1n) is 6.83. The highest BCUT2D eigenvalue weighted by molar-refractivity contribution is 14.0. The average Bonchev–Trinajstić information content (AvgIpc) is 2.45. The van der Waals surface area contributed by atoms with Crippen molar-refractivity contribution in [2.75, 3.05) is 26.2 Å². The van der Waals surface area contributed by atoms with E-state index in [2.05, 4.69) is 21.8 Å². The Kier molecular flexibility index (Phi) is 7.64. The summed E-state index contributed by atoms with van der Waals surface area (Å²) in [6, 6.07) is 3.73. The molecule has 112 valence electrons. The molecule has 0 aliphatic carbocycles. The number of guanidine groups is 1. The van der Waals surface area contributed by atoms with Gasteiger partial charge in [-0.1, -0.05) is 6.92 Å². The van der Waals surface area contributed by atoms with Gasteiger partial charge in [0.2, 0.25) is 0 Å². The SMILES string of the molecule is CC1CCN(C(N)=NCCOc2cccnc2)CC1.I. The predicted molar refractivity (Wildman–Crippen MR) is 91.6 cm³/mol. The molecule has 0 radical (unpaired) electrons. The molecule has 6 heteroatoms. The predicted octanol–water partition coefficient (Wildman–Crippen LogP) is 2.12. The van der Waals surface area contributed by atoms with Crippen LogP contribution in [0.5, 0.6) is 5.75 Å². The van der Waals surface area contributed by atoms with E-state index in [0.29, 0.717) is 19.1 Å². The van der Waals surface area contributed by atoms with Gasteiger partial charge in [0.1, 0.15) is 12.4 Å². The van der Waals surface area contributed by atoms with Crippen LogP contribution in [0.1, 0.15) is 19.8 Å². The van der Waals surface area contributed by atoms with Crippen LogP contribution in [0.25, 0.3) is 0 Å². The second-order valence-corrected chi connectivity index (χ2v) is 4.95. The van der Waals surface area contributed by atoms with Crippen molar-refractivity contribution in [3.63, 3.8) is 0 Å².